The average molecular weight is 441 g/mol. The topological polar surface area (TPSA) is 34.1 Å². The van der Waals surface area contributed by atoms with Gasteiger partial charge in [0.2, 0.25) is 0 Å². The van der Waals surface area contributed by atoms with E-state index in [4.69, 9.17) is 0 Å². The van der Waals surface area contributed by atoms with Gasteiger partial charge in [-0.2, -0.15) is 0 Å². The summed E-state index contributed by atoms with van der Waals surface area (Å²) in [4.78, 5) is 25.6. The van der Waals surface area contributed by atoms with Crippen LogP contribution < -0.4 is 0 Å². The van der Waals surface area contributed by atoms with Crippen molar-refractivity contribution in [3.8, 4) is 0 Å². The van der Waals surface area contributed by atoms with Gasteiger partial charge in [-0.05, 0) is 63.0 Å². The molecule has 0 aromatic heterocycles. The molecule has 1 aliphatic carbocycles. The summed E-state index contributed by atoms with van der Waals surface area (Å²) in [6.07, 6.45) is 7.82. The van der Waals surface area contributed by atoms with E-state index in [1.165, 1.54) is 22.3 Å². The summed E-state index contributed by atoms with van der Waals surface area (Å²) >= 11 is 0. The van der Waals surface area contributed by atoms with Gasteiger partial charge in [0.1, 0.15) is 0 Å². The zero-order chi connectivity index (χ0) is 24.2. The monoisotopic (exact) mass is 440 g/mol. The molecule has 0 amide bonds. The van der Waals surface area contributed by atoms with E-state index in [1.807, 2.05) is 12.1 Å². The minimum absolute atomic E-state index is 0.0139. The molecule has 0 bridgehead atoms. The summed E-state index contributed by atoms with van der Waals surface area (Å²) in [5, 5.41) is 0. The molecule has 0 saturated carbocycles. The number of ketones is 2. The van der Waals surface area contributed by atoms with Crippen LogP contribution >= 0.6 is 0 Å². The standard InChI is InChI=1S/C31H36O2/c1-21(11-9-12-22(2)19-24-13-10-14-25(20-24)31(4,5)6)17-18-26-23(3)29(32)27-15-7-8-16-28(27)30(26)33/h7-8,10,12-17,20H,9,11,18-19H2,1-6H3/b21-17+,22-12+. The lowest BCUT2D eigenvalue weighted by molar-refractivity contribution is 0.0973. The number of rotatable bonds is 7. The number of allylic oxidation sites excluding steroid dienone is 6. The van der Waals surface area contributed by atoms with Crippen LogP contribution in [0, 0.1) is 0 Å². The van der Waals surface area contributed by atoms with Crippen molar-refractivity contribution < 1.29 is 9.59 Å². The van der Waals surface area contributed by atoms with Crippen molar-refractivity contribution in [1.29, 1.82) is 0 Å². The molecule has 2 aromatic rings. The van der Waals surface area contributed by atoms with Crippen molar-refractivity contribution in [3.05, 3.63) is 105 Å². The quantitative estimate of drug-likeness (QED) is 0.409. The first-order chi connectivity index (χ1) is 15.6. The Balaban J connectivity index is 1.59. The third-order valence-corrected chi connectivity index (χ3v) is 6.45. The lowest BCUT2D eigenvalue weighted by Crippen LogP contribution is -2.20. The molecular formula is C31H36O2. The van der Waals surface area contributed by atoms with Crippen molar-refractivity contribution in [3.63, 3.8) is 0 Å². The van der Waals surface area contributed by atoms with Gasteiger partial charge in [0, 0.05) is 22.3 Å². The van der Waals surface area contributed by atoms with Crippen LogP contribution in [0.25, 0.3) is 0 Å². The SMILES string of the molecule is CC1=C(C/C=C(\C)CC/C=C(\C)Cc2cccc(C(C)(C)C)c2)C(=O)c2ccccc2C1=O. The van der Waals surface area contributed by atoms with E-state index in [-0.39, 0.29) is 17.0 Å². The zero-order valence-electron chi connectivity index (χ0n) is 20.9. The molecule has 0 radical (unpaired) electrons. The molecule has 33 heavy (non-hydrogen) atoms. The Bertz CT molecular complexity index is 1150. The van der Waals surface area contributed by atoms with Gasteiger partial charge in [-0.3, -0.25) is 9.59 Å². The van der Waals surface area contributed by atoms with Crippen LogP contribution in [0.4, 0.5) is 0 Å². The summed E-state index contributed by atoms with van der Waals surface area (Å²) in [6, 6.07) is 16.0. The Labute approximate surface area is 199 Å². The molecule has 0 fully saturated rings. The van der Waals surface area contributed by atoms with E-state index in [0.717, 1.165) is 19.3 Å². The molecule has 172 valence electrons. The fourth-order valence-corrected chi connectivity index (χ4v) is 4.26. The van der Waals surface area contributed by atoms with Gasteiger partial charge in [0.15, 0.2) is 11.6 Å². The zero-order valence-corrected chi connectivity index (χ0v) is 20.9. The van der Waals surface area contributed by atoms with E-state index < -0.39 is 0 Å². The van der Waals surface area contributed by atoms with Crippen molar-refractivity contribution in [2.24, 2.45) is 0 Å². The Morgan fingerprint density at radius 1 is 0.848 bits per heavy atom. The first-order valence-electron chi connectivity index (χ1n) is 11.9. The second-order valence-electron chi connectivity index (χ2n) is 10.3. The maximum atomic E-state index is 12.9. The lowest BCUT2D eigenvalue weighted by atomic mass is 9.83. The van der Waals surface area contributed by atoms with Crippen molar-refractivity contribution in [2.45, 2.75) is 72.6 Å². The first kappa shape index (κ1) is 24.6. The van der Waals surface area contributed by atoms with E-state index in [0.29, 0.717) is 28.7 Å². The van der Waals surface area contributed by atoms with Gasteiger partial charge in [0.25, 0.3) is 0 Å². The van der Waals surface area contributed by atoms with Crippen LogP contribution in [0.5, 0.6) is 0 Å². The maximum absolute atomic E-state index is 12.9. The Morgan fingerprint density at radius 2 is 1.52 bits per heavy atom. The van der Waals surface area contributed by atoms with Gasteiger partial charge in [-0.1, -0.05) is 92.6 Å². The third-order valence-electron chi connectivity index (χ3n) is 6.45. The highest BCUT2D eigenvalue weighted by atomic mass is 16.1. The highest BCUT2D eigenvalue weighted by Gasteiger charge is 2.28. The van der Waals surface area contributed by atoms with Crippen molar-refractivity contribution >= 4 is 11.6 Å². The molecule has 1 aliphatic rings. The normalized spacial score (nSPS) is 15.2. The maximum Gasteiger partial charge on any atom is 0.190 e. The average Bonchev–Trinajstić information content (AvgIpc) is 2.77. The lowest BCUT2D eigenvalue weighted by Gasteiger charge is -2.19. The summed E-state index contributed by atoms with van der Waals surface area (Å²) < 4.78 is 0. The second-order valence-corrected chi connectivity index (χ2v) is 10.3. The molecule has 0 heterocycles. The highest BCUT2D eigenvalue weighted by Crippen LogP contribution is 2.29. The molecule has 0 unspecified atom stereocenters. The van der Waals surface area contributed by atoms with Crippen LogP contribution in [0.3, 0.4) is 0 Å². The number of fused-ring (bicyclic) bond motifs is 1. The van der Waals surface area contributed by atoms with Crippen LogP contribution in [0.2, 0.25) is 0 Å². The number of carbonyl (C=O) groups excluding carboxylic acids is 2. The van der Waals surface area contributed by atoms with E-state index >= 15 is 0 Å². The van der Waals surface area contributed by atoms with E-state index in [9.17, 15) is 9.59 Å². The summed E-state index contributed by atoms with van der Waals surface area (Å²) in [6.45, 7) is 12.8. The van der Waals surface area contributed by atoms with Crippen LogP contribution in [0.1, 0.15) is 92.6 Å². The molecule has 2 nitrogen and oxygen atoms in total. The van der Waals surface area contributed by atoms with Gasteiger partial charge in [-0.25, -0.2) is 0 Å². The molecular weight excluding hydrogens is 404 g/mol. The van der Waals surface area contributed by atoms with Crippen molar-refractivity contribution in [2.75, 3.05) is 0 Å². The molecule has 0 saturated heterocycles. The Hall–Kier alpha value is -3.00. The molecule has 2 aromatic carbocycles. The molecule has 0 atom stereocenters. The third kappa shape index (κ3) is 6.07. The van der Waals surface area contributed by atoms with Gasteiger partial charge in [0.05, 0.1) is 0 Å². The van der Waals surface area contributed by atoms with Crippen LogP contribution in [-0.4, -0.2) is 11.6 Å². The number of hydrogen-bond donors (Lipinski definition) is 0. The smallest absolute Gasteiger partial charge is 0.190 e. The first-order valence-corrected chi connectivity index (χ1v) is 11.9. The van der Waals surface area contributed by atoms with Crippen molar-refractivity contribution in [1.82, 2.24) is 0 Å². The fraction of sp³-hybridized carbons (Fsp3) is 0.355. The summed E-state index contributed by atoms with van der Waals surface area (Å²) in [5.74, 6) is -0.0414. The van der Waals surface area contributed by atoms with E-state index in [1.54, 1.807) is 19.1 Å². The molecule has 0 aliphatic heterocycles. The molecule has 0 N–H and O–H groups in total. The summed E-state index contributed by atoms with van der Waals surface area (Å²) in [5.41, 5.74) is 7.77. The van der Waals surface area contributed by atoms with E-state index in [2.05, 4.69) is 71.0 Å². The number of hydrogen-bond acceptors (Lipinski definition) is 2. The predicted octanol–water partition coefficient (Wildman–Crippen LogP) is 7.99. The van der Waals surface area contributed by atoms with Gasteiger partial charge < -0.3 is 0 Å². The predicted molar refractivity (Wildman–Crippen MR) is 138 cm³/mol. The Kier molecular flexibility index (Phi) is 7.68. The van der Waals surface area contributed by atoms with Gasteiger partial charge >= 0.3 is 0 Å². The summed E-state index contributed by atoms with van der Waals surface area (Å²) in [7, 11) is 0. The second kappa shape index (κ2) is 10.3. The highest BCUT2D eigenvalue weighted by molar-refractivity contribution is 6.26. The van der Waals surface area contributed by atoms with Gasteiger partial charge in [-0.15, -0.1) is 0 Å². The Morgan fingerprint density at radius 3 is 2.18 bits per heavy atom. The fourth-order valence-electron chi connectivity index (χ4n) is 4.26. The molecule has 2 heteroatoms. The number of Topliss-reactive ketones (excluding diaryl/α,β-unsaturated/α-hetero) is 2. The largest absolute Gasteiger partial charge is 0.289 e. The molecule has 3 rings (SSSR count). The minimum atomic E-state index is -0.0275. The minimum Gasteiger partial charge on any atom is -0.289 e. The number of benzene rings is 2. The van der Waals surface area contributed by atoms with Crippen LogP contribution in [-0.2, 0) is 11.8 Å². The number of carbonyl (C=O) groups is 2. The van der Waals surface area contributed by atoms with Crippen LogP contribution in [0.15, 0.2) is 83.0 Å². The molecule has 0 spiro atoms.